The number of pyridine rings is 1. The van der Waals surface area contributed by atoms with Crippen molar-refractivity contribution in [3.63, 3.8) is 0 Å². The van der Waals surface area contributed by atoms with E-state index in [-0.39, 0.29) is 5.56 Å². The van der Waals surface area contributed by atoms with E-state index in [4.69, 9.17) is 0 Å². The first-order chi connectivity index (χ1) is 8.74. The molecule has 1 aliphatic heterocycles. The van der Waals surface area contributed by atoms with E-state index in [0.29, 0.717) is 5.92 Å². The second-order valence-electron chi connectivity index (χ2n) is 4.98. The van der Waals surface area contributed by atoms with E-state index in [2.05, 4.69) is 10.3 Å². The summed E-state index contributed by atoms with van der Waals surface area (Å²) in [6.07, 6.45) is 3.97. The molecule has 0 bridgehead atoms. The van der Waals surface area contributed by atoms with Crippen LogP contribution in [0.5, 0.6) is 0 Å². The highest BCUT2D eigenvalue weighted by Gasteiger charge is 2.17. The SMILES string of the molecule is Cc1ccc2nc(C3CCNCC3)cc(=O)n2c1. The highest BCUT2D eigenvalue weighted by molar-refractivity contribution is 5.40. The van der Waals surface area contributed by atoms with Gasteiger partial charge in [-0.25, -0.2) is 4.98 Å². The van der Waals surface area contributed by atoms with Gasteiger partial charge in [-0.2, -0.15) is 0 Å². The monoisotopic (exact) mass is 243 g/mol. The van der Waals surface area contributed by atoms with E-state index >= 15 is 0 Å². The Balaban J connectivity index is 2.09. The lowest BCUT2D eigenvalue weighted by molar-refractivity contribution is 0.453. The van der Waals surface area contributed by atoms with Crippen LogP contribution in [0.1, 0.15) is 30.0 Å². The van der Waals surface area contributed by atoms with Gasteiger partial charge >= 0.3 is 0 Å². The highest BCUT2D eigenvalue weighted by Crippen LogP contribution is 2.22. The molecule has 1 fully saturated rings. The molecule has 0 amide bonds. The zero-order valence-corrected chi connectivity index (χ0v) is 10.5. The third-order valence-corrected chi connectivity index (χ3v) is 3.58. The smallest absolute Gasteiger partial charge is 0.258 e. The van der Waals surface area contributed by atoms with Gasteiger partial charge in [0.25, 0.3) is 5.56 Å². The van der Waals surface area contributed by atoms with Crippen molar-refractivity contribution in [2.75, 3.05) is 13.1 Å². The molecule has 1 saturated heterocycles. The summed E-state index contributed by atoms with van der Waals surface area (Å²) in [6.45, 7) is 4.01. The first kappa shape index (κ1) is 11.4. The molecule has 1 aliphatic rings. The molecule has 18 heavy (non-hydrogen) atoms. The molecule has 1 N–H and O–H groups in total. The Bertz CT molecular complexity index is 626. The van der Waals surface area contributed by atoms with E-state index in [1.165, 1.54) is 0 Å². The van der Waals surface area contributed by atoms with Crippen molar-refractivity contribution < 1.29 is 0 Å². The maximum atomic E-state index is 12.1. The van der Waals surface area contributed by atoms with Gasteiger partial charge in [0.05, 0.1) is 5.69 Å². The summed E-state index contributed by atoms with van der Waals surface area (Å²) in [6, 6.07) is 5.61. The largest absolute Gasteiger partial charge is 0.317 e. The maximum absolute atomic E-state index is 12.1. The van der Waals surface area contributed by atoms with Crippen molar-refractivity contribution in [2.24, 2.45) is 0 Å². The molecule has 3 heterocycles. The number of aryl methyl sites for hydroxylation is 1. The topological polar surface area (TPSA) is 46.4 Å². The van der Waals surface area contributed by atoms with Crippen LogP contribution in [0.3, 0.4) is 0 Å². The summed E-state index contributed by atoms with van der Waals surface area (Å²) >= 11 is 0. The summed E-state index contributed by atoms with van der Waals surface area (Å²) in [7, 11) is 0. The Hall–Kier alpha value is -1.68. The standard InChI is InChI=1S/C14H17N3O/c1-10-2-3-13-16-12(8-14(18)17(13)9-10)11-4-6-15-7-5-11/h2-3,8-9,11,15H,4-7H2,1H3. The molecule has 0 aliphatic carbocycles. The van der Waals surface area contributed by atoms with Crippen molar-refractivity contribution in [3.8, 4) is 0 Å². The third-order valence-electron chi connectivity index (χ3n) is 3.58. The first-order valence-electron chi connectivity index (χ1n) is 6.45. The van der Waals surface area contributed by atoms with Gasteiger partial charge in [0, 0.05) is 18.2 Å². The van der Waals surface area contributed by atoms with Gasteiger partial charge < -0.3 is 5.32 Å². The molecule has 0 saturated carbocycles. The number of aromatic nitrogens is 2. The third kappa shape index (κ3) is 2.04. The highest BCUT2D eigenvalue weighted by atomic mass is 16.1. The normalized spacial score (nSPS) is 17.2. The second kappa shape index (κ2) is 4.53. The number of nitrogens with zero attached hydrogens (tertiary/aromatic N) is 2. The number of hydrogen-bond donors (Lipinski definition) is 1. The minimum absolute atomic E-state index is 0.0252. The van der Waals surface area contributed by atoms with Gasteiger partial charge in [-0.05, 0) is 44.5 Å². The molecule has 3 rings (SSSR count). The van der Waals surface area contributed by atoms with Crippen LogP contribution in [0, 0.1) is 6.92 Å². The molecule has 4 heteroatoms. The van der Waals surface area contributed by atoms with E-state index in [1.54, 1.807) is 10.5 Å². The van der Waals surface area contributed by atoms with Crippen molar-refractivity contribution in [1.29, 1.82) is 0 Å². The van der Waals surface area contributed by atoms with Crippen LogP contribution in [-0.4, -0.2) is 22.5 Å². The predicted molar refractivity (Wildman–Crippen MR) is 71.0 cm³/mol. The molecule has 94 valence electrons. The van der Waals surface area contributed by atoms with Crippen LogP contribution in [-0.2, 0) is 0 Å². The molecule has 0 atom stereocenters. The van der Waals surface area contributed by atoms with Gasteiger partial charge in [0.15, 0.2) is 0 Å². The number of fused-ring (bicyclic) bond motifs is 1. The molecule has 2 aromatic heterocycles. The van der Waals surface area contributed by atoms with Gasteiger partial charge in [-0.15, -0.1) is 0 Å². The van der Waals surface area contributed by atoms with Crippen LogP contribution in [0.25, 0.3) is 5.65 Å². The van der Waals surface area contributed by atoms with Crippen molar-refractivity contribution >= 4 is 5.65 Å². The summed E-state index contributed by atoms with van der Waals surface area (Å²) in [5.41, 5.74) is 2.80. The Morgan fingerprint density at radius 2 is 2.11 bits per heavy atom. The Morgan fingerprint density at radius 3 is 2.89 bits per heavy atom. The van der Waals surface area contributed by atoms with Crippen molar-refractivity contribution in [2.45, 2.75) is 25.7 Å². The minimum Gasteiger partial charge on any atom is -0.317 e. The molecule has 0 radical (unpaired) electrons. The second-order valence-corrected chi connectivity index (χ2v) is 4.98. The molecule has 0 unspecified atom stereocenters. The van der Waals surface area contributed by atoms with Crippen molar-refractivity contribution in [3.05, 3.63) is 46.0 Å². The van der Waals surface area contributed by atoms with Crippen LogP contribution in [0.15, 0.2) is 29.2 Å². The fraction of sp³-hybridized carbons (Fsp3) is 0.429. The average Bonchev–Trinajstić information content (AvgIpc) is 2.40. The predicted octanol–water partition coefficient (Wildman–Crippen LogP) is 1.47. The lowest BCUT2D eigenvalue weighted by Crippen LogP contribution is -2.28. The van der Waals surface area contributed by atoms with Gasteiger partial charge in [-0.3, -0.25) is 9.20 Å². The summed E-state index contributed by atoms with van der Waals surface area (Å²) in [5.74, 6) is 0.422. The summed E-state index contributed by atoms with van der Waals surface area (Å²) in [5, 5.41) is 3.33. The van der Waals surface area contributed by atoms with E-state index in [0.717, 1.165) is 42.8 Å². The van der Waals surface area contributed by atoms with Gasteiger partial charge in [0.1, 0.15) is 5.65 Å². The lowest BCUT2D eigenvalue weighted by atomic mass is 9.94. The minimum atomic E-state index is 0.0252. The number of hydrogen-bond acceptors (Lipinski definition) is 3. The molecule has 4 nitrogen and oxygen atoms in total. The average molecular weight is 243 g/mol. The van der Waals surface area contributed by atoms with E-state index in [1.807, 2.05) is 25.3 Å². The molecule has 2 aromatic rings. The molecule has 0 spiro atoms. The van der Waals surface area contributed by atoms with Crippen LogP contribution in [0.2, 0.25) is 0 Å². The van der Waals surface area contributed by atoms with Crippen molar-refractivity contribution in [1.82, 2.24) is 14.7 Å². The maximum Gasteiger partial charge on any atom is 0.258 e. The van der Waals surface area contributed by atoms with Crippen LogP contribution >= 0.6 is 0 Å². The molecule has 0 aromatic carbocycles. The Morgan fingerprint density at radius 1 is 1.33 bits per heavy atom. The van der Waals surface area contributed by atoms with Gasteiger partial charge in [0.2, 0.25) is 0 Å². The molecular formula is C14H17N3O. The quantitative estimate of drug-likeness (QED) is 0.825. The zero-order valence-electron chi connectivity index (χ0n) is 10.5. The Labute approximate surface area is 106 Å². The van der Waals surface area contributed by atoms with Crippen LogP contribution in [0.4, 0.5) is 0 Å². The van der Waals surface area contributed by atoms with E-state index < -0.39 is 0 Å². The number of piperidine rings is 1. The van der Waals surface area contributed by atoms with E-state index in [9.17, 15) is 4.79 Å². The first-order valence-corrected chi connectivity index (χ1v) is 6.45. The lowest BCUT2D eigenvalue weighted by Gasteiger charge is -2.22. The van der Waals surface area contributed by atoms with Crippen LogP contribution < -0.4 is 10.9 Å². The fourth-order valence-electron chi connectivity index (χ4n) is 2.55. The number of rotatable bonds is 1. The number of nitrogens with one attached hydrogen (secondary N) is 1. The Kier molecular flexibility index (Phi) is 2.88. The molecular weight excluding hydrogens is 226 g/mol. The fourth-order valence-corrected chi connectivity index (χ4v) is 2.55. The zero-order chi connectivity index (χ0) is 12.5. The summed E-state index contributed by atoms with van der Waals surface area (Å²) < 4.78 is 1.62. The van der Waals surface area contributed by atoms with Gasteiger partial charge in [-0.1, -0.05) is 6.07 Å². The summed E-state index contributed by atoms with van der Waals surface area (Å²) in [4.78, 5) is 16.7.